The lowest BCUT2D eigenvalue weighted by molar-refractivity contribution is 0.102. The Bertz CT molecular complexity index is 915. The van der Waals surface area contributed by atoms with E-state index in [1.165, 1.54) is 0 Å². The van der Waals surface area contributed by atoms with Crippen LogP contribution in [-0.2, 0) is 6.54 Å². The summed E-state index contributed by atoms with van der Waals surface area (Å²) in [6.45, 7) is 0.605. The first-order chi connectivity index (χ1) is 12.5. The topological polar surface area (TPSA) is 54.0 Å². The molecule has 0 saturated heterocycles. The standard InChI is InChI=1S/C19H14F3N3O/c20-16-6-5-15(17(21)18(16)22)19(26)25-14-3-1-13(2-4-14)24-11-12-7-9-23-10-8-12/h1-10,24H,11H2,(H,25,26). The van der Waals surface area contributed by atoms with E-state index in [1.807, 2.05) is 12.1 Å². The van der Waals surface area contributed by atoms with Crippen LogP contribution in [-0.4, -0.2) is 10.9 Å². The summed E-state index contributed by atoms with van der Waals surface area (Å²) in [4.78, 5) is 16.0. The number of nitrogens with zero attached hydrogens (tertiary/aromatic N) is 1. The van der Waals surface area contributed by atoms with Gasteiger partial charge in [0.2, 0.25) is 0 Å². The zero-order chi connectivity index (χ0) is 18.5. The average molecular weight is 357 g/mol. The molecule has 0 spiro atoms. The molecule has 0 fully saturated rings. The number of amides is 1. The molecule has 0 radical (unpaired) electrons. The van der Waals surface area contributed by atoms with Gasteiger partial charge >= 0.3 is 0 Å². The Balaban J connectivity index is 1.64. The van der Waals surface area contributed by atoms with Crippen LogP contribution in [0.3, 0.4) is 0 Å². The molecule has 0 aliphatic heterocycles. The number of hydrogen-bond donors (Lipinski definition) is 2. The lowest BCUT2D eigenvalue weighted by Gasteiger charge is -2.09. The molecule has 0 unspecified atom stereocenters. The van der Waals surface area contributed by atoms with Gasteiger partial charge in [0, 0.05) is 30.3 Å². The highest BCUT2D eigenvalue weighted by Crippen LogP contribution is 2.19. The highest BCUT2D eigenvalue weighted by atomic mass is 19.2. The van der Waals surface area contributed by atoms with E-state index < -0.39 is 28.9 Å². The van der Waals surface area contributed by atoms with Crippen LogP contribution < -0.4 is 10.6 Å². The highest BCUT2D eigenvalue weighted by Gasteiger charge is 2.18. The predicted molar refractivity (Wildman–Crippen MR) is 92.3 cm³/mol. The van der Waals surface area contributed by atoms with Gasteiger partial charge in [-0.05, 0) is 54.1 Å². The lowest BCUT2D eigenvalue weighted by Crippen LogP contribution is -2.15. The Morgan fingerprint density at radius 2 is 1.50 bits per heavy atom. The second kappa shape index (κ2) is 7.69. The van der Waals surface area contributed by atoms with Crippen molar-refractivity contribution in [1.82, 2.24) is 4.98 Å². The van der Waals surface area contributed by atoms with Crippen molar-refractivity contribution in [2.45, 2.75) is 6.54 Å². The number of rotatable bonds is 5. The Morgan fingerprint density at radius 1 is 0.846 bits per heavy atom. The van der Waals surface area contributed by atoms with E-state index in [0.29, 0.717) is 18.3 Å². The van der Waals surface area contributed by atoms with E-state index in [0.717, 1.165) is 17.3 Å². The fourth-order valence-electron chi connectivity index (χ4n) is 2.28. The van der Waals surface area contributed by atoms with Crippen LogP contribution >= 0.6 is 0 Å². The van der Waals surface area contributed by atoms with Gasteiger partial charge in [-0.1, -0.05) is 0 Å². The van der Waals surface area contributed by atoms with E-state index in [-0.39, 0.29) is 0 Å². The minimum atomic E-state index is -1.67. The van der Waals surface area contributed by atoms with Gasteiger partial charge in [0.05, 0.1) is 5.56 Å². The number of aromatic nitrogens is 1. The summed E-state index contributed by atoms with van der Waals surface area (Å²) >= 11 is 0. The van der Waals surface area contributed by atoms with Crippen LogP contribution in [0.4, 0.5) is 24.5 Å². The molecule has 7 heteroatoms. The molecular formula is C19H14F3N3O. The summed E-state index contributed by atoms with van der Waals surface area (Å²) in [5.74, 6) is -5.39. The number of pyridine rings is 1. The molecule has 2 aromatic carbocycles. The maximum Gasteiger partial charge on any atom is 0.258 e. The zero-order valence-corrected chi connectivity index (χ0v) is 13.5. The van der Waals surface area contributed by atoms with E-state index in [1.54, 1.807) is 36.7 Å². The number of carbonyl (C=O) groups excluding carboxylic acids is 1. The molecule has 0 aliphatic carbocycles. The number of nitrogens with one attached hydrogen (secondary N) is 2. The van der Waals surface area contributed by atoms with Gasteiger partial charge in [-0.15, -0.1) is 0 Å². The Kier molecular flexibility index (Phi) is 5.17. The van der Waals surface area contributed by atoms with Crippen molar-refractivity contribution in [3.8, 4) is 0 Å². The molecule has 1 aromatic heterocycles. The SMILES string of the molecule is O=C(Nc1ccc(NCc2ccncc2)cc1)c1ccc(F)c(F)c1F. The summed E-state index contributed by atoms with van der Waals surface area (Å²) in [6, 6.07) is 12.1. The normalized spacial score (nSPS) is 10.4. The van der Waals surface area contributed by atoms with Gasteiger partial charge < -0.3 is 10.6 Å². The summed E-state index contributed by atoms with van der Waals surface area (Å²) in [5, 5.41) is 5.65. The van der Waals surface area contributed by atoms with Crippen molar-refractivity contribution in [3.63, 3.8) is 0 Å². The van der Waals surface area contributed by atoms with Crippen molar-refractivity contribution < 1.29 is 18.0 Å². The second-order valence-corrected chi connectivity index (χ2v) is 5.46. The molecule has 0 atom stereocenters. The Labute approximate surface area is 147 Å². The van der Waals surface area contributed by atoms with Gasteiger partial charge in [-0.2, -0.15) is 0 Å². The Hall–Kier alpha value is -3.35. The molecule has 3 aromatic rings. The average Bonchev–Trinajstić information content (AvgIpc) is 2.66. The maximum absolute atomic E-state index is 13.7. The molecule has 26 heavy (non-hydrogen) atoms. The first kappa shape index (κ1) is 17.5. The fourth-order valence-corrected chi connectivity index (χ4v) is 2.28. The van der Waals surface area contributed by atoms with Crippen LogP contribution in [0.25, 0.3) is 0 Å². The van der Waals surface area contributed by atoms with Crippen molar-refractivity contribution in [2.75, 3.05) is 10.6 Å². The number of carbonyl (C=O) groups is 1. The predicted octanol–water partition coefficient (Wildman–Crippen LogP) is 4.36. The third-order valence-corrected chi connectivity index (χ3v) is 3.67. The highest BCUT2D eigenvalue weighted by molar-refractivity contribution is 6.04. The second-order valence-electron chi connectivity index (χ2n) is 5.46. The third kappa shape index (κ3) is 4.00. The van der Waals surface area contributed by atoms with Gasteiger partial charge in [0.1, 0.15) is 0 Å². The number of halogens is 3. The molecule has 0 bridgehead atoms. The van der Waals surface area contributed by atoms with E-state index >= 15 is 0 Å². The molecule has 0 saturated carbocycles. The van der Waals surface area contributed by atoms with Gasteiger partial charge in [-0.25, -0.2) is 13.2 Å². The fraction of sp³-hybridized carbons (Fsp3) is 0.0526. The summed E-state index contributed by atoms with van der Waals surface area (Å²) in [6.07, 6.45) is 3.40. The van der Waals surface area contributed by atoms with Crippen molar-refractivity contribution in [2.24, 2.45) is 0 Å². The van der Waals surface area contributed by atoms with E-state index in [9.17, 15) is 18.0 Å². The molecule has 4 nitrogen and oxygen atoms in total. The van der Waals surface area contributed by atoms with E-state index in [4.69, 9.17) is 0 Å². The summed E-state index contributed by atoms with van der Waals surface area (Å²) < 4.78 is 39.8. The van der Waals surface area contributed by atoms with Crippen LogP contribution in [0.5, 0.6) is 0 Å². The van der Waals surface area contributed by atoms with Crippen molar-refractivity contribution >= 4 is 17.3 Å². The van der Waals surface area contributed by atoms with Gasteiger partial charge in [0.25, 0.3) is 5.91 Å². The van der Waals surface area contributed by atoms with Crippen molar-refractivity contribution in [1.29, 1.82) is 0 Å². The van der Waals surface area contributed by atoms with Crippen LogP contribution in [0, 0.1) is 17.5 Å². The first-order valence-electron chi connectivity index (χ1n) is 7.72. The molecule has 132 valence electrons. The van der Waals surface area contributed by atoms with Crippen LogP contribution in [0.2, 0.25) is 0 Å². The van der Waals surface area contributed by atoms with E-state index in [2.05, 4.69) is 15.6 Å². The number of anilines is 2. The summed E-state index contributed by atoms with van der Waals surface area (Å²) in [5.41, 5.74) is 1.71. The van der Waals surface area contributed by atoms with Gasteiger partial charge in [0.15, 0.2) is 17.5 Å². The molecule has 0 aliphatic rings. The van der Waals surface area contributed by atoms with Crippen LogP contribution in [0.1, 0.15) is 15.9 Å². The zero-order valence-electron chi connectivity index (χ0n) is 13.5. The quantitative estimate of drug-likeness (QED) is 0.667. The smallest absolute Gasteiger partial charge is 0.258 e. The monoisotopic (exact) mass is 357 g/mol. The maximum atomic E-state index is 13.7. The molecule has 3 rings (SSSR count). The van der Waals surface area contributed by atoms with Crippen LogP contribution in [0.15, 0.2) is 60.9 Å². The lowest BCUT2D eigenvalue weighted by atomic mass is 10.1. The molecule has 2 N–H and O–H groups in total. The first-order valence-corrected chi connectivity index (χ1v) is 7.72. The molecular weight excluding hydrogens is 343 g/mol. The van der Waals surface area contributed by atoms with Gasteiger partial charge in [-0.3, -0.25) is 9.78 Å². The van der Waals surface area contributed by atoms with Crippen molar-refractivity contribution in [3.05, 3.63) is 89.5 Å². The third-order valence-electron chi connectivity index (χ3n) is 3.67. The largest absolute Gasteiger partial charge is 0.381 e. The minimum Gasteiger partial charge on any atom is -0.381 e. The Morgan fingerprint density at radius 3 is 2.19 bits per heavy atom. The molecule has 1 amide bonds. The summed E-state index contributed by atoms with van der Waals surface area (Å²) in [7, 11) is 0. The number of hydrogen-bond acceptors (Lipinski definition) is 3. The number of benzene rings is 2. The molecule has 1 heterocycles. The minimum absolute atomic E-state index is 0.397.